The minimum absolute atomic E-state index is 0.0762. The second kappa shape index (κ2) is 8.90. The summed E-state index contributed by atoms with van der Waals surface area (Å²) in [4.78, 5) is 28.3. The fourth-order valence-corrected chi connectivity index (χ4v) is 3.80. The summed E-state index contributed by atoms with van der Waals surface area (Å²) < 4.78 is 19.2. The Hall–Kier alpha value is -4.18. The van der Waals surface area contributed by atoms with E-state index in [0.717, 1.165) is 9.71 Å². The average molecular weight is 450 g/mol. The lowest BCUT2D eigenvalue weighted by atomic mass is 10.2. The van der Waals surface area contributed by atoms with Crippen LogP contribution in [0.25, 0.3) is 10.2 Å². The smallest absolute Gasteiger partial charge is 0.281 e. The number of rotatable bonds is 6. The third-order valence-electron chi connectivity index (χ3n) is 4.45. The maximum atomic E-state index is 13.3. The second-order valence-corrected chi connectivity index (χ2v) is 7.56. The maximum absolute atomic E-state index is 13.3. The van der Waals surface area contributed by atoms with E-state index >= 15 is 0 Å². The molecule has 0 saturated heterocycles. The Labute approximate surface area is 185 Å². The number of hydrogen-bond donors (Lipinski definition) is 0. The number of ether oxygens (including phenoxy) is 1. The van der Waals surface area contributed by atoms with Crippen LogP contribution in [0.4, 0.5) is 15.2 Å². The number of anilines is 1. The van der Waals surface area contributed by atoms with Crippen molar-refractivity contribution in [3.63, 3.8) is 0 Å². The third kappa shape index (κ3) is 4.44. The molecule has 8 nitrogen and oxygen atoms in total. The van der Waals surface area contributed by atoms with E-state index in [1.165, 1.54) is 66.1 Å². The quantitative estimate of drug-likeness (QED) is 0.233. The Bertz CT molecular complexity index is 1340. The van der Waals surface area contributed by atoms with Gasteiger partial charge < -0.3 is 4.74 Å². The minimum Gasteiger partial charge on any atom is -0.497 e. The van der Waals surface area contributed by atoms with Gasteiger partial charge in [-0.1, -0.05) is 29.5 Å². The lowest BCUT2D eigenvalue weighted by Gasteiger charge is -2.13. The van der Waals surface area contributed by atoms with Crippen LogP contribution in [0.15, 0.2) is 71.8 Å². The molecule has 0 unspecified atom stereocenters. The highest BCUT2D eigenvalue weighted by molar-refractivity contribution is 7.22. The average Bonchev–Trinajstić information content (AvgIpc) is 3.23. The van der Waals surface area contributed by atoms with E-state index in [1.807, 2.05) is 0 Å². The zero-order chi connectivity index (χ0) is 22.7. The number of hydrazone groups is 1. The van der Waals surface area contributed by atoms with Gasteiger partial charge in [-0.3, -0.25) is 14.9 Å². The monoisotopic (exact) mass is 450 g/mol. The Kier molecular flexibility index (Phi) is 5.86. The van der Waals surface area contributed by atoms with Gasteiger partial charge in [-0.15, -0.1) is 0 Å². The van der Waals surface area contributed by atoms with Crippen molar-refractivity contribution in [3.8, 4) is 5.75 Å². The Balaban J connectivity index is 1.77. The molecule has 0 aliphatic rings. The largest absolute Gasteiger partial charge is 0.497 e. The molecule has 160 valence electrons. The van der Waals surface area contributed by atoms with E-state index in [0.29, 0.717) is 16.8 Å². The summed E-state index contributed by atoms with van der Waals surface area (Å²) in [6, 6.07) is 16.2. The molecule has 4 rings (SSSR count). The first-order valence-corrected chi connectivity index (χ1v) is 10.1. The first-order valence-electron chi connectivity index (χ1n) is 9.27. The highest BCUT2D eigenvalue weighted by Gasteiger charge is 2.23. The van der Waals surface area contributed by atoms with Crippen LogP contribution < -0.4 is 9.75 Å². The number of methoxy groups -OCH3 is 1. The van der Waals surface area contributed by atoms with Crippen LogP contribution in [0.5, 0.6) is 5.75 Å². The first-order chi connectivity index (χ1) is 15.4. The van der Waals surface area contributed by atoms with Crippen molar-refractivity contribution in [2.75, 3.05) is 12.1 Å². The highest BCUT2D eigenvalue weighted by Crippen LogP contribution is 2.32. The van der Waals surface area contributed by atoms with E-state index < -0.39 is 16.6 Å². The van der Waals surface area contributed by atoms with Crippen molar-refractivity contribution in [1.29, 1.82) is 0 Å². The number of fused-ring (bicyclic) bond motifs is 1. The van der Waals surface area contributed by atoms with Crippen molar-refractivity contribution >= 4 is 44.5 Å². The van der Waals surface area contributed by atoms with E-state index in [1.54, 1.807) is 25.3 Å². The molecule has 1 heterocycles. The van der Waals surface area contributed by atoms with E-state index in [-0.39, 0.29) is 16.4 Å². The normalized spacial score (nSPS) is 11.1. The molecule has 0 spiro atoms. The molecule has 0 fully saturated rings. The number of nitro benzene ring substituents is 1. The summed E-state index contributed by atoms with van der Waals surface area (Å²) >= 11 is 1.21. The number of nitro groups is 1. The number of non-ortho nitro benzene ring substituents is 1. The molecule has 1 aromatic heterocycles. The van der Waals surface area contributed by atoms with Crippen molar-refractivity contribution in [2.24, 2.45) is 5.10 Å². The summed E-state index contributed by atoms with van der Waals surface area (Å²) in [5.74, 6) is -0.357. The van der Waals surface area contributed by atoms with Gasteiger partial charge in [0, 0.05) is 17.7 Å². The van der Waals surface area contributed by atoms with E-state index in [2.05, 4.69) is 10.1 Å². The number of halogens is 1. The van der Waals surface area contributed by atoms with Gasteiger partial charge in [-0.25, -0.2) is 9.37 Å². The number of amides is 1. The van der Waals surface area contributed by atoms with E-state index in [9.17, 15) is 19.3 Å². The van der Waals surface area contributed by atoms with Crippen LogP contribution in [-0.2, 0) is 0 Å². The number of aromatic nitrogens is 1. The molecule has 0 radical (unpaired) electrons. The number of carbonyl (C=O) groups excluding carboxylic acids is 1. The molecule has 1 amide bonds. The molecule has 0 saturated carbocycles. The highest BCUT2D eigenvalue weighted by atomic mass is 32.1. The standard InChI is InChI=1S/C22H15FN4O4S/c1-31-18-9-10-19-20(12-18)32-22(25-19)26(24-13-14-5-7-16(23)8-6-14)21(28)15-3-2-4-17(11-15)27(29)30/h2-13H,1H3/b24-13+. The zero-order valence-corrected chi connectivity index (χ0v) is 17.5. The molecule has 3 aromatic carbocycles. The predicted octanol–water partition coefficient (Wildman–Crippen LogP) is 5.03. The minimum atomic E-state index is -0.599. The number of nitrogens with zero attached hydrogens (tertiary/aromatic N) is 4. The molecule has 32 heavy (non-hydrogen) atoms. The van der Waals surface area contributed by atoms with Gasteiger partial charge in [0.1, 0.15) is 11.6 Å². The molecule has 0 atom stereocenters. The molecule has 10 heteroatoms. The van der Waals surface area contributed by atoms with Crippen molar-refractivity contribution in [1.82, 2.24) is 4.98 Å². The predicted molar refractivity (Wildman–Crippen MR) is 120 cm³/mol. The number of carbonyl (C=O) groups is 1. The fraction of sp³-hybridized carbons (Fsp3) is 0.0455. The van der Waals surface area contributed by atoms with Gasteiger partial charge in [0.15, 0.2) is 0 Å². The maximum Gasteiger partial charge on any atom is 0.281 e. The summed E-state index contributed by atoms with van der Waals surface area (Å²) in [7, 11) is 1.55. The number of thiazole rings is 1. The fourth-order valence-electron chi connectivity index (χ4n) is 2.85. The molecule has 4 aromatic rings. The summed E-state index contributed by atoms with van der Waals surface area (Å²) in [5, 5.41) is 16.7. The van der Waals surface area contributed by atoms with Crippen LogP contribution in [0.3, 0.4) is 0 Å². The van der Waals surface area contributed by atoms with Crippen LogP contribution in [0.1, 0.15) is 15.9 Å². The Morgan fingerprint density at radius 2 is 1.97 bits per heavy atom. The van der Waals surface area contributed by atoms with Gasteiger partial charge in [0.2, 0.25) is 5.13 Å². The van der Waals surface area contributed by atoms with Gasteiger partial charge in [0.05, 0.1) is 28.5 Å². The lowest BCUT2D eigenvalue weighted by molar-refractivity contribution is -0.384. The summed E-state index contributed by atoms with van der Waals surface area (Å²) in [6.07, 6.45) is 1.39. The van der Waals surface area contributed by atoms with Crippen molar-refractivity contribution < 1.29 is 18.8 Å². The molecule has 0 N–H and O–H groups in total. The first kappa shape index (κ1) is 21.1. The molecule has 0 aliphatic heterocycles. The van der Waals surface area contributed by atoms with E-state index in [4.69, 9.17) is 4.74 Å². The van der Waals surface area contributed by atoms with Gasteiger partial charge >= 0.3 is 0 Å². The van der Waals surface area contributed by atoms with Crippen LogP contribution >= 0.6 is 11.3 Å². The molecule has 0 aliphatic carbocycles. The Morgan fingerprint density at radius 1 is 1.19 bits per heavy atom. The second-order valence-electron chi connectivity index (χ2n) is 6.55. The Morgan fingerprint density at radius 3 is 2.69 bits per heavy atom. The van der Waals surface area contributed by atoms with Crippen LogP contribution in [0.2, 0.25) is 0 Å². The SMILES string of the molecule is COc1ccc2nc(N(/N=C/c3ccc(F)cc3)C(=O)c3cccc([N+](=O)[O-])c3)sc2c1. The van der Waals surface area contributed by atoms with Gasteiger partial charge in [0.25, 0.3) is 11.6 Å². The topological polar surface area (TPSA) is 97.9 Å². The van der Waals surface area contributed by atoms with Crippen molar-refractivity contribution in [2.45, 2.75) is 0 Å². The van der Waals surface area contributed by atoms with Crippen molar-refractivity contribution in [3.05, 3.63) is 93.8 Å². The summed E-state index contributed by atoms with van der Waals surface area (Å²) in [5.41, 5.74) is 1.06. The molecule has 0 bridgehead atoms. The molecular formula is C22H15FN4O4S. The summed E-state index contributed by atoms with van der Waals surface area (Å²) in [6.45, 7) is 0. The van der Waals surface area contributed by atoms with Gasteiger partial charge in [-0.2, -0.15) is 10.1 Å². The lowest BCUT2D eigenvalue weighted by Crippen LogP contribution is -2.25. The van der Waals surface area contributed by atoms with Crippen LogP contribution in [-0.4, -0.2) is 29.1 Å². The number of hydrogen-bond acceptors (Lipinski definition) is 7. The number of benzene rings is 3. The zero-order valence-electron chi connectivity index (χ0n) is 16.6. The van der Waals surface area contributed by atoms with Crippen LogP contribution in [0, 0.1) is 15.9 Å². The third-order valence-corrected chi connectivity index (χ3v) is 5.45. The molecular weight excluding hydrogens is 435 g/mol. The van der Waals surface area contributed by atoms with Gasteiger partial charge in [-0.05, 0) is 42.0 Å².